The van der Waals surface area contributed by atoms with E-state index in [1.165, 1.54) is 19.1 Å². The summed E-state index contributed by atoms with van der Waals surface area (Å²) < 4.78 is 4.86. The molecule has 0 aromatic heterocycles. The minimum absolute atomic E-state index is 0.0295. The SMILES string of the molecule is CCOC(=O)c1ccc(C(C)N2C(=O)c3ccccc3C2=O)c([N+](=O)[O-])c1. The van der Waals surface area contributed by atoms with E-state index >= 15 is 0 Å². The van der Waals surface area contributed by atoms with Crippen molar-refractivity contribution >= 4 is 23.5 Å². The van der Waals surface area contributed by atoms with Crippen molar-refractivity contribution in [3.8, 4) is 0 Å². The fourth-order valence-electron chi connectivity index (χ4n) is 3.10. The van der Waals surface area contributed by atoms with E-state index in [-0.39, 0.29) is 34.5 Å². The molecule has 1 aliphatic heterocycles. The predicted octanol–water partition coefficient (Wildman–Crippen LogP) is 3.13. The van der Waals surface area contributed by atoms with Gasteiger partial charge in [0.25, 0.3) is 17.5 Å². The minimum Gasteiger partial charge on any atom is -0.462 e. The van der Waals surface area contributed by atoms with Gasteiger partial charge in [0, 0.05) is 6.07 Å². The van der Waals surface area contributed by atoms with Crippen molar-refractivity contribution in [2.75, 3.05) is 6.61 Å². The smallest absolute Gasteiger partial charge is 0.338 e. The van der Waals surface area contributed by atoms with E-state index in [2.05, 4.69) is 0 Å². The average molecular weight is 368 g/mol. The largest absolute Gasteiger partial charge is 0.462 e. The van der Waals surface area contributed by atoms with Crippen LogP contribution >= 0.6 is 0 Å². The van der Waals surface area contributed by atoms with Gasteiger partial charge in [0.15, 0.2) is 0 Å². The summed E-state index contributed by atoms with van der Waals surface area (Å²) in [6.07, 6.45) is 0. The Balaban J connectivity index is 2.01. The van der Waals surface area contributed by atoms with Crippen molar-refractivity contribution in [1.82, 2.24) is 4.90 Å². The van der Waals surface area contributed by atoms with Gasteiger partial charge in [0.1, 0.15) is 0 Å². The summed E-state index contributed by atoms with van der Waals surface area (Å²) in [6, 6.07) is 9.36. The third kappa shape index (κ3) is 3.05. The highest BCUT2D eigenvalue weighted by Crippen LogP contribution is 2.35. The Morgan fingerprint density at radius 1 is 1.15 bits per heavy atom. The summed E-state index contributed by atoms with van der Waals surface area (Å²) in [5.41, 5.74) is 0.356. The number of rotatable bonds is 5. The summed E-state index contributed by atoms with van der Waals surface area (Å²) >= 11 is 0. The van der Waals surface area contributed by atoms with Crippen molar-refractivity contribution in [1.29, 1.82) is 0 Å². The average Bonchev–Trinajstić information content (AvgIpc) is 2.92. The Labute approximate surface area is 154 Å². The summed E-state index contributed by atoms with van der Waals surface area (Å²) in [6.45, 7) is 3.30. The van der Waals surface area contributed by atoms with Crippen molar-refractivity contribution < 1.29 is 24.0 Å². The summed E-state index contributed by atoms with van der Waals surface area (Å²) in [7, 11) is 0. The van der Waals surface area contributed by atoms with Crippen LogP contribution in [0.5, 0.6) is 0 Å². The van der Waals surface area contributed by atoms with Gasteiger partial charge in [0.2, 0.25) is 0 Å². The second-order valence-electron chi connectivity index (χ2n) is 5.95. The van der Waals surface area contributed by atoms with Crippen LogP contribution in [-0.4, -0.2) is 34.2 Å². The Hall–Kier alpha value is -3.55. The van der Waals surface area contributed by atoms with Gasteiger partial charge >= 0.3 is 5.97 Å². The third-order valence-electron chi connectivity index (χ3n) is 4.40. The molecule has 0 N–H and O–H groups in total. The molecule has 0 saturated carbocycles. The number of carbonyl (C=O) groups is 3. The summed E-state index contributed by atoms with van der Waals surface area (Å²) in [5.74, 6) is -1.70. The van der Waals surface area contributed by atoms with E-state index in [9.17, 15) is 24.5 Å². The molecule has 0 bridgehead atoms. The predicted molar refractivity (Wildman–Crippen MR) is 94.4 cm³/mol. The molecule has 0 radical (unpaired) electrons. The molecule has 2 aromatic rings. The summed E-state index contributed by atoms with van der Waals surface area (Å²) in [4.78, 5) is 49.0. The number of esters is 1. The van der Waals surface area contributed by atoms with E-state index in [1.54, 1.807) is 31.2 Å². The van der Waals surface area contributed by atoms with Crippen LogP contribution in [0.2, 0.25) is 0 Å². The first-order valence-electron chi connectivity index (χ1n) is 8.29. The van der Waals surface area contributed by atoms with Gasteiger partial charge < -0.3 is 4.74 Å². The van der Waals surface area contributed by atoms with Crippen molar-refractivity contribution in [3.05, 3.63) is 74.8 Å². The van der Waals surface area contributed by atoms with E-state index in [0.717, 1.165) is 11.0 Å². The van der Waals surface area contributed by atoms with Gasteiger partial charge in [-0.1, -0.05) is 12.1 Å². The Morgan fingerprint density at radius 3 is 2.26 bits per heavy atom. The molecular formula is C19H16N2O6. The quantitative estimate of drug-likeness (QED) is 0.347. The lowest BCUT2D eigenvalue weighted by molar-refractivity contribution is -0.385. The number of carbonyl (C=O) groups excluding carboxylic acids is 3. The Morgan fingerprint density at radius 2 is 1.74 bits per heavy atom. The number of hydrogen-bond acceptors (Lipinski definition) is 6. The molecule has 1 atom stereocenters. The molecule has 2 amide bonds. The fourth-order valence-corrected chi connectivity index (χ4v) is 3.10. The number of nitrogens with zero attached hydrogens (tertiary/aromatic N) is 2. The van der Waals surface area contributed by atoms with Gasteiger partial charge in [-0.15, -0.1) is 0 Å². The number of hydrogen-bond donors (Lipinski definition) is 0. The second kappa shape index (κ2) is 6.99. The molecule has 0 aliphatic carbocycles. The zero-order chi connectivity index (χ0) is 19.7. The van der Waals surface area contributed by atoms with E-state index in [0.29, 0.717) is 0 Å². The molecule has 0 fully saturated rings. The number of amides is 2. The molecule has 0 spiro atoms. The molecule has 2 aromatic carbocycles. The van der Waals surface area contributed by atoms with Gasteiger partial charge in [-0.25, -0.2) is 4.79 Å². The lowest BCUT2D eigenvalue weighted by atomic mass is 10.0. The third-order valence-corrected chi connectivity index (χ3v) is 4.40. The van der Waals surface area contributed by atoms with Gasteiger partial charge in [0.05, 0.1) is 39.8 Å². The maximum Gasteiger partial charge on any atom is 0.338 e. The first-order chi connectivity index (χ1) is 12.9. The molecule has 1 heterocycles. The highest BCUT2D eigenvalue weighted by molar-refractivity contribution is 6.21. The molecular weight excluding hydrogens is 352 g/mol. The molecule has 8 heteroatoms. The number of nitro benzene ring substituents is 1. The highest BCUT2D eigenvalue weighted by Gasteiger charge is 2.40. The maximum atomic E-state index is 12.6. The second-order valence-corrected chi connectivity index (χ2v) is 5.95. The van der Waals surface area contributed by atoms with Crippen molar-refractivity contribution in [2.45, 2.75) is 19.9 Å². The molecule has 1 unspecified atom stereocenters. The number of benzene rings is 2. The van der Waals surface area contributed by atoms with Crippen molar-refractivity contribution in [2.24, 2.45) is 0 Å². The van der Waals surface area contributed by atoms with Gasteiger partial charge in [-0.2, -0.15) is 0 Å². The zero-order valence-electron chi connectivity index (χ0n) is 14.7. The fraction of sp³-hybridized carbons (Fsp3) is 0.211. The summed E-state index contributed by atoms with van der Waals surface area (Å²) in [5, 5.41) is 11.5. The zero-order valence-corrected chi connectivity index (χ0v) is 14.7. The molecule has 3 rings (SSSR count). The monoisotopic (exact) mass is 368 g/mol. The number of nitro groups is 1. The molecule has 0 saturated heterocycles. The van der Waals surface area contributed by atoms with Gasteiger partial charge in [-0.05, 0) is 38.1 Å². The van der Waals surface area contributed by atoms with Crippen LogP contribution in [0, 0.1) is 10.1 Å². The van der Waals surface area contributed by atoms with Crippen LogP contribution in [0.1, 0.15) is 56.5 Å². The number of imide groups is 1. The minimum atomic E-state index is -0.881. The first-order valence-corrected chi connectivity index (χ1v) is 8.29. The van der Waals surface area contributed by atoms with E-state index in [4.69, 9.17) is 4.74 Å². The lowest BCUT2D eigenvalue weighted by Gasteiger charge is -2.22. The van der Waals surface area contributed by atoms with Crippen LogP contribution in [0.25, 0.3) is 0 Å². The van der Waals surface area contributed by atoms with Crippen LogP contribution < -0.4 is 0 Å². The van der Waals surface area contributed by atoms with Crippen LogP contribution in [0.4, 0.5) is 5.69 Å². The molecule has 8 nitrogen and oxygen atoms in total. The normalized spacial score (nSPS) is 14.1. The highest BCUT2D eigenvalue weighted by atomic mass is 16.6. The topological polar surface area (TPSA) is 107 Å². The molecule has 138 valence electrons. The molecule has 1 aliphatic rings. The first kappa shape index (κ1) is 18.2. The van der Waals surface area contributed by atoms with Crippen LogP contribution in [0.15, 0.2) is 42.5 Å². The molecule has 27 heavy (non-hydrogen) atoms. The lowest BCUT2D eigenvalue weighted by Crippen LogP contribution is -2.33. The Kier molecular flexibility index (Phi) is 4.72. The number of fused-ring (bicyclic) bond motifs is 1. The van der Waals surface area contributed by atoms with Crippen molar-refractivity contribution in [3.63, 3.8) is 0 Å². The van der Waals surface area contributed by atoms with Gasteiger partial charge in [-0.3, -0.25) is 24.6 Å². The van der Waals surface area contributed by atoms with E-state index < -0.39 is 28.7 Å². The van der Waals surface area contributed by atoms with E-state index in [1.807, 2.05) is 0 Å². The maximum absolute atomic E-state index is 12.6. The van der Waals surface area contributed by atoms with Crippen LogP contribution in [-0.2, 0) is 4.74 Å². The number of ether oxygens (including phenoxy) is 1. The Bertz CT molecular complexity index is 933. The standard InChI is InChI=1S/C19H16N2O6/c1-3-27-19(24)12-8-9-13(16(10-12)21(25)26)11(2)20-17(22)14-6-4-5-7-15(14)18(20)23/h4-11H,3H2,1-2H3. The van der Waals surface area contributed by atoms with Crippen LogP contribution in [0.3, 0.4) is 0 Å².